The molecule has 1 aliphatic rings. The zero-order valence-corrected chi connectivity index (χ0v) is 20.3. The van der Waals surface area contributed by atoms with Crippen LogP contribution in [0.3, 0.4) is 0 Å². The number of methoxy groups -OCH3 is 1. The van der Waals surface area contributed by atoms with E-state index in [1.165, 1.54) is 0 Å². The summed E-state index contributed by atoms with van der Waals surface area (Å²) < 4.78 is 11.4. The minimum absolute atomic E-state index is 0.0148. The summed E-state index contributed by atoms with van der Waals surface area (Å²) in [6.07, 6.45) is 1.38. The van der Waals surface area contributed by atoms with Crippen LogP contribution in [0.4, 0.5) is 10.5 Å². The minimum Gasteiger partial charge on any atom is -0.493 e. The molecule has 0 radical (unpaired) electrons. The van der Waals surface area contributed by atoms with Crippen LogP contribution in [0.25, 0.3) is 0 Å². The van der Waals surface area contributed by atoms with Gasteiger partial charge in [-0.1, -0.05) is 41.9 Å². The van der Waals surface area contributed by atoms with E-state index >= 15 is 0 Å². The fourth-order valence-electron chi connectivity index (χ4n) is 3.95. The average molecular weight is 494 g/mol. The molecule has 0 unspecified atom stereocenters. The van der Waals surface area contributed by atoms with E-state index < -0.39 is 0 Å². The Labute approximate surface area is 210 Å². The third-order valence-electron chi connectivity index (χ3n) is 5.87. The Balaban J connectivity index is 1.29. The molecule has 0 atom stereocenters. The Morgan fingerprint density at radius 3 is 2.37 bits per heavy atom. The average Bonchev–Trinajstić information content (AvgIpc) is 2.89. The Hall–Kier alpha value is -3.71. The SMILES string of the molecule is COc1cc(C(=O)N2CCC(NC(=O)Nc3ccccc3)CC2)ccc1OCc1ccc(Cl)cc1. The summed E-state index contributed by atoms with van der Waals surface area (Å²) in [4.78, 5) is 27.1. The molecule has 0 aromatic heterocycles. The van der Waals surface area contributed by atoms with Gasteiger partial charge in [0.05, 0.1) is 7.11 Å². The third-order valence-corrected chi connectivity index (χ3v) is 6.12. The van der Waals surface area contributed by atoms with Crippen LogP contribution in [0.15, 0.2) is 72.8 Å². The van der Waals surface area contributed by atoms with Crippen LogP contribution in [0.1, 0.15) is 28.8 Å². The number of urea groups is 1. The lowest BCUT2D eigenvalue weighted by atomic mass is 10.0. The molecule has 0 aliphatic carbocycles. The maximum Gasteiger partial charge on any atom is 0.319 e. The monoisotopic (exact) mass is 493 g/mol. The number of hydrogen-bond acceptors (Lipinski definition) is 4. The van der Waals surface area contributed by atoms with Crippen molar-refractivity contribution in [3.8, 4) is 11.5 Å². The van der Waals surface area contributed by atoms with Crippen molar-refractivity contribution in [2.24, 2.45) is 0 Å². The van der Waals surface area contributed by atoms with E-state index in [2.05, 4.69) is 10.6 Å². The van der Waals surface area contributed by atoms with E-state index in [1.54, 1.807) is 30.2 Å². The Morgan fingerprint density at radius 2 is 1.69 bits per heavy atom. The second-order valence-corrected chi connectivity index (χ2v) is 8.75. The topological polar surface area (TPSA) is 79.9 Å². The van der Waals surface area contributed by atoms with Crippen molar-refractivity contribution < 1.29 is 19.1 Å². The summed E-state index contributed by atoms with van der Waals surface area (Å²) in [6.45, 7) is 1.48. The second-order valence-electron chi connectivity index (χ2n) is 8.31. The van der Waals surface area contributed by atoms with Gasteiger partial charge in [0.25, 0.3) is 5.91 Å². The highest BCUT2D eigenvalue weighted by Gasteiger charge is 2.25. The summed E-state index contributed by atoms with van der Waals surface area (Å²) in [5.74, 6) is 0.991. The highest BCUT2D eigenvalue weighted by Crippen LogP contribution is 2.30. The number of ether oxygens (including phenoxy) is 2. The second kappa shape index (κ2) is 11.6. The standard InChI is InChI=1S/C27H28ClN3O4/c1-34-25-17-20(9-12-24(25)35-18-19-7-10-21(28)11-8-19)26(32)31-15-13-23(14-16-31)30-27(33)29-22-5-3-2-4-6-22/h2-12,17,23H,13-16,18H2,1H3,(H2,29,30,33). The van der Waals surface area contributed by atoms with E-state index in [1.807, 2.05) is 54.6 Å². The number of likely N-dealkylation sites (tertiary alicyclic amines) is 1. The van der Waals surface area contributed by atoms with Crippen molar-refractivity contribution >= 4 is 29.2 Å². The molecule has 1 aliphatic heterocycles. The summed E-state index contributed by atoms with van der Waals surface area (Å²) >= 11 is 5.93. The molecule has 8 heteroatoms. The summed E-state index contributed by atoms with van der Waals surface area (Å²) in [5.41, 5.74) is 2.26. The number of anilines is 1. The molecular weight excluding hydrogens is 466 g/mol. The highest BCUT2D eigenvalue weighted by molar-refractivity contribution is 6.30. The van der Waals surface area contributed by atoms with Crippen LogP contribution in [-0.4, -0.2) is 43.1 Å². The lowest BCUT2D eigenvalue weighted by Crippen LogP contribution is -2.47. The van der Waals surface area contributed by atoms with Gasteiger partial charge in [-0.3, -0.25) is 4.79 Å². The molecule has 182 valence electrons. The van der Waals surface area contributed by atoms with Crippen molar-refractivity contribution in [1.29, 1.82) is 0 Å². The van der Waals surface area contributed by atoms with Crippen LogP contribution >= 0.6 is 11.6 Å². The van der Waals surface area contributed by atoms with Gasteiger partial charge in [-0.2, -0.15) is 0 Å². The molecule has 0 spiro atoms. The molecular formula is C27H28ClN3O4. The zero-order chi connectivity index (χ0) is 24.6. The van der Waals surface area contributed by atoms with Crippen LogP contribution in [0.2, 0.25) is 5.02 Å². The predicted molar refractivity (Wildman–Crippen MR) is 136 cm³/mol. The summed E-state index contributed by atoms with van der Waals surface area (Å²) in [6, 6.07) is 21.7. The predicted octanol–water partition coefficient (Wildman–Crippen LogP) is 5.35. The number of para-hydroxylation sites is 1. The van der Waals surface area contributed by atoms with Gasteiger partial charge in [-0.15, -0.1) is 0 Å². The quantitative estimate of drug-likeness (QED) is 0.464. The lowest BCUT2D eigenvalue weighted by Gasteiger charge is -2.32. The first-order valence-corrected chi connectivity index (χ1v) is 11.9. The molecule has 3 amide bonds. The van der Waals surface area contributed by atoms with Gasteiger partial charge in [-0.25, -0.2) is 4.79 Å². The minimum atomic E-state index is -0.236. The number of hydrogen-bond donors (Lipinski definition) is 2. The molecule has 1 heterocycles. The maximum absolute atomic E-state index is 13.1. The van der Waals surface area contributed by atoms with Gasteiger partial charge in [0.15, 0.2) is 11.5 Å². The molecule has 1 saturated heterocycles. The molecule has 3 aromatic rings. The van der Waals surface area contributed by atoms with Gasteiger partial charge >= 0.3 is 6.03 Å². The number of carbonyl (C=O) groups excluding carboxylic acids is 2. The molecule has 3 aromatic carbocycles. The van der Waals surface area contributed by atoms with E-state index in [-0.39, 0.29) is 18.0 Å². The first-order valence-electron chi connectivity index (χ1n) is 11.5. The van der Waals surface area contributed by atoms with Gasteiger partial charge in [0.1, 0.15) is 6.61 Å². The molecule has 1 fully saturated rings. The number of nitrogens with zero attached hydrogens (tertiary/aromatic N) is 1. The Morgan fingerprint density at radius 1 is 0.971 bits per heavy atom. The number of amides is 3. The lowest BCUT2D eigenvalue weighted by molar-refractivity contribution is 0.0708. The van der Waals surface area contributed by atoms with E-state index in [4.69, 9.17) is 21.1 Å². The largest absolute Gasteiger partial charge is 0.493 e. The normalized spacial score (nSPS) is 13.7. The van der Waals surface area contributed by atoms with Crippen LogP contribution in [0.5, 0.6) is 11.5 Å². The zero-order valence-electron chi connectivity index (χ0n) is 19.5. The van der Waals surface area contributed by atoms with Crippen LogP contribution < -0.4 is 20.1 Å². The fourth-order valence-corrected chi connectivity index (χ4v) is 4.07. The van der Waals surface area contributed by atoms with E-state index in [9.17, 15) is 9.59 Å². The van der Waals surface area contributed by atoms with Crippen molar-refractivity contribution in [3.05, 3.63) is 88.9 Å². The Bertz CT molecular complexity index is 1150. The summed E-state index contributed by atoms with van der Waals surface area (Å²) in [5, 5.41) is 6.49. The van der Waals surface area contributed by atoms with Gasteiger partial charge < -0.3 is 25.0 Å². The number of carbonyl (C=O) groups is 2. The molecule has 4 rings (SSSR count). The molecule has 0 saturated carbocycles. The first kappa shape index (κ1) is 24.4. The molecule has 35 heavy (non-hydrogen) atoms. The number of nitrogens with one attached hydrogen (secondary N) is 2. The van der Waals surface area contributed by atoms with Crippen molar-refractivity contribution in [2.45, 2.75) is 25.5 Å². The number of rotatable bonds is 7. The first-order chi connectivity index (χ1) is 17.0. The van der Waals surface area contributed by atoms with Crippen LogP contribution in [-0.2, 0) is 6.61 Å². The van der Waals surface area contributed by atoms with Gasteiger partial charge in [0.2, 0.25) is 0 Å². The highest BCUT2D eigenvalue weighted by atomic mass is 35.5. The Kier molecular flexibility index (Phi) is 8.11. The third kappa shape index (κ3) is 6.67. The molecule has 0 bridgehead atoms. The number of halogens is 1. The van der Waals surface area contributed by atoms with Crippen molar-refractivity contribution in [2.75, 3.05) is 25.5 Å². The van der Waals surface area contributed by atoms with Crippen molar-refractivity contribution in [1.82, 2.24) is 10.2 Å². The number of benzene rings is 3. The molecule has 2 N–H and O–H groups in total. The van der Waals surface area contributed by atoms with Gasteiger partial charge in [-0.05, 0) is 60.9 Å². The fraction of sp³-hybridized carbons (Fsp3) is 0.259. The van der Waals surface area contributed by atoms with Gasteiger partial charge in [0, 0.05) is 35.4 Å². The molecule has 7 nitrogen and oxygen atoms in total. The van der Waals surface area contributed by atoms with E-state index in [0.717, 1.165) is 11.3 Å². The number of piperidine rings is 1. The van der Waals surface area contributed by atoms with Crippen molar-refractivity contribution in [3.63, 3.8) is 0 Å². The summed E-state index contributed by atoms with van der Waals surface area (Å²) in [7, 11) is 1.55. The maximum atomic E-state index is 13.1. The smallest absolute Gasteiger partial charge is 0.319 e. The van der Waals surface area contributed by atoms with Crippen LogP contribution in [0, 0.1) is 0 Å². The van der Waals surface area contributed by atoms with E-state index in [0.29, 0.717) is 54.6 Å².